The Morgan fingerprint density at radius 1 is 1.18 bits per heavy atom. The van der Waals surface area contributed by atoms with Gasteiger partial charge in [0.05, 0.1) is 11.8 Å². The topological polar surface area (TPSA) is 91.3 Å². The maximum Gasteiger partial charge on any atom is 0.251 e. The minimum absolute atomic E-state index is 0.0741. The molecule has 2 atom stereocenters. The number of amides is 1. The van der Waals surface area contributed by atoms with Crippen LogP contribution in [0.3, 0.4) is 0 Å². The molecule has 0 aromatic heterocycles. The molecule has 0 spiro atoms. The average molecular weight is 472 g/mol. The SMILES string of the molecule is CCC(CCC(=O)c1ccc(Cl)cc1)CN/C=C1\C(=N)C=CC(C(=O)NCC(C)OC)=C1C. The van der Waals surface area contributed by atoms with E-state index in [9.17, 15) is 9.59 Å². The lowest BCUT2D eigenvalue weighted by Gasteiger charge is -2.19. The Hall–Kier alpha value is -2.70. The highest BCUT2D eigenvalue weighted by Gasteiger charge is 2.20. The van der Waals surface area contributed by atoms with Crippen LogP contribution in [0.15, 0.2) is 59.3 Å². The molecule has 0 fully saturated rings. The van der Waals surface area contributed by atoms with Crippen molar-refractivity contribution in [1.29, 1.82) is 5.41 Å². The molecule has 3 N–H and O–H groups in total. The van der Waals surface area contributed by atoms with Crippen LogP contribution < -0.4 is 10.6 Å². The van der Waals surface area contributed by atoms with Gasteiger partial charge in [-0.2, -0.15) is 0 Å². The number of allylic oxidation sites excluding steroid dienone is 3. The zero-order valence-electron chi connectivity index (χ0n) is 19.8. The van der Waals surface area contributed by atoms with E-state index >= 15 is 0 Å². The van der Waals surface area contributed by atoms with Gasteiger partial charge in [0, 0.05) is 54.6 Å². The lowest BCUT2D eigenvalue weighted by Crippen LogP contribution is -2.33. The van der Waals surface area contributed by atoms with Gasteiger partial charge in [-0.3, -0.25) is 9.59 Å². The van der Waals surface area contributed by atoms with Crippen LogP contribution in [0.25, 0.3) is 0 Å². The predicted octanol–water partition coefficient (Wildman–Crippen LogP) is 4.86. The van der Waals surface area contributed by atoms with E-state index in [1.807, 2.05) is 13.8 Å². The minimum Gasteiger partial charge on any atom is -0.390 e. The third-order valence-corrected chi connectivity index (χ3v) is 6.14. The van der Waals surface area contributed by atoms with E-state index in [1.54, 1.807) is 49.7 Å². The van der Waals surface area contributed by atoms with Gasteiger partial charge >= 0.3 is 0 Å². The second-order valence-corrected chi connectivity index (χ2v) is 8.69. The first-order valence-corrected chi connectivity index (χ1v) is 11.7. The number of ketones is 1. The Bertz CT molecular complexity index is 948. The summed E-state index contributed by atoms with van der Waals surface area (Å²) in [5.41, 5.74) is 3.02. The molecule has 1 aromatic carbocycles. The van der Waals surface area contributed by atoms with Gasteiger partial charge in [-0.05, 0) is 68.2 Å². The van der Waals surface area contributed by atoms with Crippen LogP contribution in [-0.2, 0) is 9.53 Å². The van der Waals surface area contributed by atoms with Crippen LogP contribution in [0.4, 0.5) is 0 Å². The summed E-state index contributed by atoms with van der Waals surface area (Å²) in [6.07, 6.45) is 7.22. The predicted molar refractivity (Wildman–Crippen MR) is 134 cm³/mol. The van der Waals surface area contributed by atoms with Gasteiger partial charge in [0.1, 0.15) is 0 Å². The van der Waals surface area contributed by atoms with Crippen LogP contribution in [-0.4, -0.2) is 43.7 Å². The summed E-state index contributed by atoms with van der Waals surface area (Å²) in [7, 11) is 1.60. The maximum absolute atomic E-state index is 12.6. The van der Waals surface area contributed by atoms with E-state index in [0.29, 0.717) is 52.9 Å². The quantitative estimate of drug-likeness (QED) is 0.379. The average Bonchev–Trinajstić information content (AvgIpc) is 2.81. The summed E-state index contributed by atoms with van der Waals surface area (Å²) in [6.45, 7) is 6.94. The third kappa shape index (κ3) is 7.98. The monoisotopic (exact) mass is 471 g/mol. The van der Waals surface area contributed by atoms with Crippen LogP contribution in [0, 0.1) is 11.3 Å². The summed E-state index contributed by atoms with van der Waals surface area (Å²) >= 11 is 5.89. The highest BCUT2D eigenvalue weighted by molar-refractivity contribution is 6.30. The lowest BCUT2D eigenvalue weighted by atomic mass is 9.92. The number of rotatable bonds is 12. The Morgan fingerprint density at radius 2 is 1.88 bits per heavy atom. The molecule has 178 valence electrons. The molecule has 1 amide bonds. The number of ether oxygens (including phenoxy) is 1. The number of carbonyl (C=O) groups is 2. The third-order valence-electron chi connectivity index (χ3n) is 5.89. The smallest absolute Gasteiger partial charge is 0.251 e. The van der Waals surface area contributed by atoms with Gasteiger partial charge in [-0.1, -0.05) is 24.9 Å². The zero-order valence-corrected chi connectivity index (χ0v) is 20.6. The van der Waals surface area contributed by atoms with Crippen molar-refractivity contribution < 1.29 is 14.3 Å². The van der Waals surface area contributed by atoms with E-state index in [0.717, 1.165) is 18.4 Å². The summed E-state index contributed by atoms with van der Waals surface area (Å²) in [5.74, 6) is 0.243. The molecule has 1 aliphatic carbocycles. The molecule has 33 heavy (non-hydrogen) atoms. The Morgan fingerprint density at radius 3 is 2.52 bits per heavy atom. The van der Waals surface area contributed by atoms with E-state index in [2.05, 4.69) is 17.6 Å². The molecular weight excluding hydrogens is 438 g/mol. The molecule has 0 saturated heterocycles. The molecule has 2 unspecified atom stereocenters. The number of methoxy groups -OCH3 is 1. The van der Waals surface area contributed by atoms with Crippen LogP contribution >= 0.6 is 11.6 Å². The van der Waals surface area contributed by atoms with Gasteiger partial charge < -0.3 is 20.8 Å². The standard InChI is InChI=1S/C26H34ClN3O3/c1-5-19(6-13-25(31)20-7-9-21(27)10-8-20)15-29-16-23-18(3)22(11-12-24(23)28)26(32)30-14-17(2)33-4/h7-12,16-17,19,28-29H,5-6,13-15H2,1-4H3,(H,30,32)/b23-16-,28-24?. The van der Waals surface area contributed by atoms with E-state index in [4.69, 9.17) is 21.7 Å². The maximum atomic E-state index is 12.6. The van der Waals surface area contributed by atoms with Crippen LogP contribution in [0.1, 0.15) is 50.4 Å². The summed E-state index contributed by atoms with van der Waals surface area (Å²) in [4.78, 5) is 25.0. The molecule has 1 aromatic rings. The fourth-order valence-electron chi connectivity index (χ4n) is 3.47. The molecular formula is C26H34ClN3O3. The molecule has 2 rings (SSSR count). The number of Topliss-reactive ketones (excluding diaryl/α,β-unsaturated/α-hetero) is 1. The fourth-order valence-corrected chi connectivity index (χ4v) is 3.60. The van der Waals surface area contributed by atoms with Crippen molar-refractivity contribution >= 4 is 29.0 Å². The molecule has 6 nitrogen and oxygen atoms in total. The Kier molecular flexibility index (Phi) is 10.6. The van der Waals surface area contributed by atoms with Gasteiger partial charge in [0.2, 0.25) is 0 Å². The molecule has 0 aliphatic heterocycles. The van der Waals surface area contributed by atoms with E-state index < -0.39 is 0 Å². The number of nitrogens with one attached hydrogen (secondary N) is 3. The molecule has 1 aliphatic rings. The number of hydrogen-bond donors (Lipinski definition) is 3. The van der Waals surface area contributed by atoms with Gasteiger partial charge in [-0.25, -0.2) is 0 Å². The molecule has 0 radical (unpaired) electrons. The molecule has 0 saturated carbocycles. The highest BCUT2D eigenvalue weighted by Crippen LogP contribution is 2.22. The van der Waals surface area contributed by atoms with Crippen molar-refractivity contribution in [3.63, 3.8) is 0 Å². The summed E-state index contributed by atoms with van der Waals surface area (Å²) in [5, 5.41) is 15.0. The summed E-state index contributed by atoms with van der Waals surface area (Å²) in [6, 6.07) is 6.98. The van der Waals surface area contributed by atoms with Crippen molar-refractivity contribution in [1.82, 2.24) is 10.6 Å². The van der Waals surface area contributed by atoms with Gasteiger partial charge in [-0.15, -0.1) is 0 Å². The normalized spacial score (nSPS) is 16.6. The Labute approximate surface area is 201 Å². The summed E-state index contributed by atoms with van der Waals surface area (Å²) < 4.78 is 5.17. The van der Waals surface area contributed by atoms with Crippen molar-refractivity contribution in [2.24, 2.45) is 5.92 Å². The second kappa shape index (κ2) is 13.1. The van der Waals surface area contributed by atoms with E-state index in [-0.39, 0.29) is 17.8 Å². The molecule has 0 bridgehead atoms. The zero-order chi connectivity index (χ0) is 24.4. The van der Waals surface area contributed by atoms with Crippen molar-refractivity contribution in [2.75, 3.05) is 20.2 Å². The Balaban J connectivity index is 1.95. The number of halogens is 1. The number of hydrogen-bond acceptors (Lipinski definition) is 5. The second-order valence-electron chi connectivity index (χ2n) is 8.25. The number of carbonyl (C=O) groups excluding carboxylic acids is 2. The molecule has 7 heteroatoms. The molecule has 0 heterocycles. The van der Waals surface area contributed by atoms with Crippen molar-refractivity contribution in [3.8, 4) is 0 Å². The fraction of sp³-hybridized carbons (Fsp3) is 0.423. The van der Waals surface area contributed by atoms with Gasteiger partial charge in [0.15, 0.2) is 5.78 Å². The first-order chi connectivity index (χ1) is 15.8. The van der Waals surface area contributed by atoms with Gasteiger partial charge in [0.25, 0.3) is 5.91 Å². The first-order valence-electron chi connectivity index (χ1n) is 11.3. The highest BCUT2D eigenvalue weighted by atomic mass is 35.5. The van der Waals surface area contributed by atoms with Crippen molar-refractivity contribution in [2.45, 2.75) is 46.1 Å². The number of benzene rings is 1. The lowest BCUT2D eigenvalue weighted by molar-refractivity contribution is -0.117. The van der Waals surface area contributed by atoms with E-state index in [1.165, 1.54) is 0 Å². The van der Waals surface area contributed by atoms with Crippen molar-refractivity contribution in [3.05, 3.63) is 69.9 Å². The van der Waals surface area contributed by atoms with Crippen LogP contribution in [0.2, 0.25) is 5.02 Å². The first kappa shape index (κ1) is 26.6. The largest absolute Gasteiger partial charge is 0.390 e. The van der Waals surface area contributed by atoms with Crippen LogP contribution in [0.5, 0.6) is 0 Å². The minimum atomic E-state index is -0.182.